The number of carboxylic acids is 1. The SMILES string of the molecule is CCCCCCCC(=O)O.O=P(O)(O)O. The summed E-state index contributed by atoms with van der Waals surface area (Å²) in [5.41, 5.74) is 0. The van der Waals surface area contributed by atoms with Crippen molar-refractivity contribution in [2.24, 2.45) is 0 Å². The summed E-state index contributed by atoms with van der Waals surface area (Å²) in [6.45, 7) is 2.15. The fourth-order valence-electron chi connectivity index (χ4n) is 0.880. The van der Waals surface area contributed by atoms with Gasteiger partial charge in [-0.05, 0) is 6.42 Å². The van der Waals surface area contributed by atoms with E-state index in [-0.39, 0.29) is 0 Å². The van der Waals surface area contributed by atoms with Crippen LogP contribution in [0.5, 0.6) is 0 Å². The lowest BCUT2D eigenvalue weighted by Gasteiger charge is -1.95. The van der Waals surface area contributed by atoms with Gasteiger partial charge < -0.3 is 19.8 Å². The second-order valence-electron chi connectivity index (χ2n) is 3.07. The standard InChI is InChI=1S/C8H16O2.H3O4P/c1-2-3-4-5-6-7-8(9)10;1-5(2,3)4/h2-7H2,1H3,(H,9,10);(H3,1,2,3,4). The molecule has 4 N–H and O–H groups in total. The molecule has 0 unspecified atom stereocenters. The minimum absolute atomic E-state index is 0.337. The zero-order chi connectivity index (χ0) is 12.3. The Hall–Kier alpha value is -0.420. The van der Waals surface area contributed by atoms with E-state index in [1.54, 1.807) is 0 Å². The molecule has 0 aromatic carbocycles. The maximum Gasteiger partial charge on any atom is 0.466 e. The van der Waals surface area contributed by atoms with Crippen molar-refractivity contribution in [3.8, 4) is 0 Å². The Morgan fingerprint density at radius 3 is 1.80 bits per heavy atom. The van der Waals surface area contributed by atoms with Gasteiger partial charge in [-0.2, -0.15) is 0 Å². The number of hydrogen-bond donors (Lipinski definition) is 4. The molecule has 0 amide bonds. The molecule has 0 rings (SSSR count). The smallest absolute Gasteiger partial charge is 0.466 e. The van der Waals surface area contributed by atoms with Crippen molar-refractivity contribution in [2.45, 2.75) is 45.4 Å². The van der Waals surface area contributed by atoms with Crippen LogP contribution in [0.1, 0.15) is 45.4 Å². The van der Waals surface area contributed by atoms with E-state index in [1.165, 1.54) is 19.3 Å². The minimum atomic E-state index is -4.64. The monoisotopic (exact) mass is 242 g/mol. The first-order valence-electron chi connectivity index (χ1n) is 4.77. The number of carbonyl (C=O) groups is 1. The Kier molecular flexibility index (Phi) is 11.5. The lowest BCUT2D eigenvalue weighted by atomic mass is 10.1. The molecule has 0 aliphatic rings. The molecule has 0 fully saturated rings. The topological polar surface area (TPSA) is 115 Å². The average molecular weight is 242 g/mol. The number of unbranched alkanes of at least 4 members (excludes halogenated alkanes) is 4. The summed E-state index contributed by atoms with van der Waals surface area (Å²) in [5.74, 6) is -0.670. The normalized spacial score (nSPS) is 10.4. The second kappa shape index (κ2) is 10.1. The van der Waals surface area contributed by atoms with Gasteiger partial charge in [-0.3, -0.25) is 4.79 Å². The maximum absolute atomic E-state index is 10.0. The maximum atomic E-state index is 10.0. The van der Waals surface area contributed by atoms with Crippen molar-refractivity contribution >= 4 is 13.8 Å². The number of rotatable bonds is 6. The van der Waals surface area contributed by atoms with Crippen LogP contribution in [-0.4, -0.2) is 25.8 Å². The fourth-order valence-corrected chi connectivity index (χ4v) is 0.880. The van der Waals surface area contributed by atoms with E-state index in [0.29, 0.717) is 6.42 Å². The van der Waals surface area contributed by atoms with Gasteiger partial charge in [0.05, 0.1) is 0 Å². The Bertz CT molecular complexity index is 191. The molecule has 92 valence electrons. The zero-order valence-corrected chi connectivity index (χ0v) is 9.69. The number of carboxylic acid groups (broad SMARTS) is 1. The molecule has 7 heteroatoms. The van der Waals surface area contributed by atoms with Gasteiger partial charge in [-0.15, -0.1) is 0 Å². The lowest BCUT2D eigenvalue weighted by molar-refractivity contribution is -0.137. The highest BCUT2D eigenvalue weighted by Gasteiger charge is 2.00. The van der Waals surface area contributed by atoms with Crippen molar-refractivity contribution < 1.29 is 29.1 Å². The molecule has 15 heavy (non-hydrogen) atoms. The second-order valence-corrected chi connectivity index (χ2v) is 4.10. The van der Waals surface area contributed by atoms with Gasteiger partial charge in [-0.25, -0.2) is 4.57 Å². The molecule has 0 saturated heterocycles. The largest absolute Gasteiger partial charge is 0.481 e. The van der Waals surface area contributed by atoms with E-state index in [2.05, 4.69) is 6.92 Å². The summed E-state index contributed by atoms with van der Waals surface area (Å²) in [7, 11) is -4.64. The van der Waals surface area contributed by atoms with Crippen LogP contribution in [0.25, 0.3) is 0 Å². The van der Waals surface area contributed by atoms with Crippen molar-refractivity contribution in [3.63, 3.8) is 0 Å². The predicted molar refractivity (Wildman–Crippen MR) is 55.3 cm³/mol. The fraction of sp³-hybridized carbons (Fsp3) is 0.875. The Morgan fingerprint density at radius 1 is 1.07 bits per heavy atom. The molecule has 0 aliphatic heterocycles. The van der Waals surface area contributed by atoms with Gasteiger partial charge >= 0.3 is 13.8 Å². The van der Waals surface area contributed by atoms with Gasteiger partial charge in [0, 0.05) is 6.42 Å². The van der Waals surface area contributed by atoms with Gasteiger partial charge in [0.1, 0.15) is 0 Å². The Labute approximate surface area is 89.2 Å². The van der Waals surface area contributed by atoms with E-state index in [4.69, 9.17) is 24.4 Å². The summed E-state index contributed by atoms with van der Waals surface area (Å²) >= 11 is 0. The van der Waals surface area contributed by atoms with Crippen LogP contribution in [0.15, 0.2) is 0 Å². The summed E-state index contributed by atoms with van der Waals surface area (Å²) in [4.78, 5) is 31.6. The summed E-state index contributed by atoms with van der Waals surface area (Å²) in [6, 6.07) is 0. The third-order valence-corrected chi connectivity index (χ3v) is 1.49. The molecule has 0 heterocycles. The highest BCUT2D eigenvalue weighted by Crippen LogP contribution is 2.25. The zero-order valence-electron chi connectivity index (χ0n) is 8.80. The van der Waals surface area contributed by atoms with E-state index in [0.717, 1.165) is 12.8 Å². The summed E-state index contributed by atoms with van der Waals surface area (Å²) < 4.78 is 8.88. The van der Waals surface area contributed by atoms with Crippen LogP contribution < -0.4 is 0 Å². The molecule has 6 nitrogen and oxygen atoms in total. The quantitative estimate of drug-likeness (QED) is 0.414. The van der Waals surface area contributed by atoms with Crippen molar-refractivity contribution in [1.29, 1.82) is 0 Å². The third kappa shape index (κ3) is 42.1. The van der Waals surface area contributed by atoms with Gasteiger partial charge in [-0.1, -0.05) is 32.6 Å². The molecule has 0 saturated carbocycles. The third-order valence-electron chi connectivity index (χ3n) is 1.49. The van der Waals surface area contributed by atoms with Crippen LogP contribution in [-0.2, 0) is 9.36 Å². The molecule has 0 atom stereocenters. The first-order chi connectivity index (χ1) is 6.77. The van der Waals surface area contributed by atoms with Gasteiger partial charge in [0.15, 0.2) is 0 Å². The van der Waals surface area contributed by atoms with Crippen molar-refractivity contribution in [3.05, 3.63) is 0 Å². The average Bonchev–Trinajstić information content (AvgIpc) is 2.00. The highest BCUT2D eigenvalue weighted by atomic mass is 31.2. The van der Waals surface area contributed by atoms with Gasteiger partial charge in [0.25, 0.3) is 0 Å². The number of aliphatic carboxylic acids is 1. The van der Waals surface area contributed by atoms with Crippen LogP contribution in [0, 0.1) is 0 Å². The van der Waals surface area contributed by atoms with E-state index in [9.17, 15) is 4.79 Å². The molecule has 0 bridgehead atoms. The molecule has 0 spiro atoms. The molecule has 0 aromatic heterocycles. The first kappa shape index (κ1) is 17.0. The minimum Gasteiger partial charge on any atom is -0.481 e. The predicted octanol–water partition coefficient (Wildman–Crippen LogP) is 1.50. The van der Waals surface area contributed by atoms with E-state index < -0.39 is 13.8 Å². The lowest BCUT2D eigenvalue weighted by Crippen LogP contribution is -1.93. The van der Waals surface area contributed by atoms with Crippen LogP contribution in [0.4, 0.5) is 0 Å². The van der Waals surface area contributed by atoms with E-state index in [1.807, 2.05) is 0 Å². The van der Waals surface area contributed by atoms with E-state index >= 15 is 0 Å². The summed E-state index contributed by atoms with van der Waals surface area (Å²) in [5, 5.41) is 8.27. The molecular weight excluding hydrogens is 223 g/mol. The molecular formula is C8H19O6P. The number of phosphoric acid groups is 1. The first-order valence-corrected chi connectivity index (χ1v) is 6.34. The summed E-state index contributed by atoms with van der Waals surface area (Å²) in [6.07, 6.45) is 5.88. The molecule has 0 aliphatic carbocycles. The van der Waals surface area contributed by atoms with Crippen molar-refractivity contribution in [2.75, 3.05) is 0 Å². The van der Waals surface area contributed by atoms with Crippen LogP contribution >= 0.6 is 7.82 Å². The highest BCUT2D eigenvalue weighted by molar-refractivity contribution is 7.45. The Morgan fingerprint density at radius 2 is 1.47 bits per heavy atom. The molecule has 0 radical (unpaired) electrons. The van der Waals surface area contributed by atoms with Crippen LogP contribution in [0.2, 0.25) is 0 Å². The Balaban J connectivity index is 0. The van der Waals surface area contributed by atoms with Crippen LogP contribution in [0.3, 0.4) is 0 Å². The van der Waals surface area contributed by atoms with Gasteiger partial charge in [0.2, 0.25) is 0 Å². The van der Waals surface area contributed by atoms with Crippen molar-refractivity contribution in [1.82, 2.24) is 0 Å². The number of hydrogen-bond acceptors (Lipinski definition) is 2. The molecule has 0 aromatic rings.